The zero-order chi connectivity index (χ0) is 12.1. The minimum absolute atomic E-state index is 0.679. The molecule has 0 amide bonds. The summed E-state index contributed by atoms with van der Waals surface area (Å²) in [5.41, 5.74) is 0.679. The highest BCUT2D eigenvalue weighted by Gasteiger charge is 2.34. The number of nitrogens with one attached hydrogen (secondary N) is 1. The van der Waals surface area contributed by atoms with E-state index >= 15 is 0 Å². The van der Waals surface area contributed by atoms with Gasteiger partial charge in [0.2, 0.25) is 0 Å². The molecule has 17 heavy (non-hydrogen) atoms. The van der Waals surface area contributed by atoms with Crippen LogP contribution in [0.5, 0.6) is 0 Å². The molecule has 0 aromatic heterocycles. The molecular formula is C15H30N2. The SMILES string of the molecule is CCC1(CNCCC2CCCCN2C)CCC1. The minimum Gasteiger partial charge on any atom is -0.316 e. The molecule has 0 bridgehead atoms. The maximum Gasteiger partial charge on any atom is 0.0104 e. The first-order valence-corrected chi connectivity index (χ1v) is 7.67. The Balaban J connectivity index is 1.59. The Morgan fingerprint density at radius 3 is 2.65 bits per heavy atom. The topological polar surface area (TPSA) is 15.3 Å². The van der Waals surface area contributed by atoms with Gasteiger partial charge in [-0.3, -0.25) is 0 Å². The second-order valence-electron chi connectivity index (χ2n) is 6.30. The van der Waals surface area contributed by atoms with E-state index in [0.29, 0.717) is 5.41 Å². The normalized spacial score (nSPS) is 28.9. The highest BCUT2D eigenvalue weighted by atomic mass is 15.1. The molecule has 1 N–H and O–H groups in total. The van der Waals surface area contributed by atoms with Gasteiger partial charge in [0.25, 0.3) is 0 Å². The van der Waals surface area contributed by atoms with Crippen molar-refractivity contribution in [3.8, 4) is 0 Å². The number of hydrogen-bond acceptors (Lipinski definition) is 2. The highest BCUT2D eigenvalue weighted by Crippen LogP contribution is 2.42. The standard InChI is InChI=1S/C15H30N2/c1-3-15(9-6-10-15)13-16-11-8-14-7-4-5-12-17(14)2/h14,16H,3-13H2,1-2H3. The summed E-state index contributed by atoms with van der Waals surface area (Å²) in [5, 5.41) is 3.72. The maximum absolute atomic E-state index is 3.72. The molecule has 1 aliphatic heterocycles. The fraction of sp³-hybridized carbons (Fsp3) is 1.00. The Kier molecular flexibility index (Phi) is 4.87. The van der Waals surface area contributed by atoms with Crippen molar-refractivity contribution >= 4 is 0 Å². The van der Waals surface area contributed by atoms with Crippen LogP contribution in [0.2, 0.25) is 0 Å². The Morgan fingerprint density at radius 1 is 1.24 bits per heavy atom. The Labute approximate surface area is 107 Å². The van der Waals surface area contributed by atoms with Crippen LogP contribution in [-0.4, -0.2) is 37.6 Å². The fourth-order valence-electron chi connectivity index (χ4n) is 3.46. The summed E-state index contributed by atoms with van der Waals surface area (Å²) in [6.45, 7) is 6.15. The summed E-state index contributed by atoms with van der Waals surface area (Å²) >= 11 is 0. The van der Waals surface area contributed by atoms with Crippen LogP contribution in [0.25, 0.3) is 0 Å². The first-order valence-electron chi connectivity index (χ1n) is 7.67. The van der Waals surface area contributed by atoms with Crippen LogP contribution in [0.4, 0.5) is 0 Å². The summed E-state index contributed by atoms with van der Waals surface area (Å²) in [6.07, 6.45) is 11.3. The van der Waals surface area contributed by atoms with Gasteiger partial charge in [-0.25, -0.2) is 0 Å². The van der Waals surface area contributed by atoms with E-state index < -0.39 is 0 Å². The number of piperidine rings is 1. The molecule has 100 valence electrons. The molecule has 1 saturated carbocycles. The van der Waals surface area contributed by atoms with Crippen molar-refractivity contribution in [1.82, 2.24) is 10.2 Å². The van der Waals surface area contributed by atoms with Crippen LogP contribution >= 0.6 is 0 Å². The van der Waals surface area contributed by atoms with E-state index in [1.165, 1.54) is 71.0 Å². The third kappa shape index (κ3) is 3.45. The average Bonchev–Trinajstić information content (AvgIpc) is 2.29. The van der Waals surface area contributed by atoms with Gasteiger partial charge in [0.1, 0.15) is 0 Å². The van der Waals surface area contributed by atoms with E-state index in [1.807, 2.05) is 0 Å². The molecule has 0 aromatic rings. The van der Waals surface area contributed by atoms with Crippen LogP contribution in [0.15, 0.2) is 0 Å². The molecule has 2 aliphatic rings. The summed E-state index contributed by atoms with van der Waals surface area (Å²) in [5.74, 6) is 0. The van der Waals surface area contributed by atoms with Gasteiger partial charge >= 0.3 is 0 Å². The van der Waals surface area contributed by atoms with E-state index in [-0.39, 0.29) is 0 Å². The molecule has 0 spiro atoms. The van der Waals surface area contributed by atoms with Crippen LogP contribution in [0.3, 0.4) is 0 Å². The van der Waals surface area contributed by atoms with Crippen molar-refractivity contribution in [2.45, 2.75) is 64.3 Å². The van der Waals surface area contributed by atoms with Gasteiger partial charge in [-0.15, -0.1) is 0 Å². The van der Waals surface area contributed by atoms with E-state index in [2.05, 4.69) is 24.2 Å². The summed E-state index contributed by atoms with van der Waals surface area (Å²) < 4.78 is 0. The third-order valence-electron chi connectivity index (χ3n) is 5.24. The van der Waals surface area contributed by atoms with Crippen LogP contribution in [-0.2, 0) is 0 Å². The number of rotatable bonds is 6. The summed E-state index contributed by atoms with van der Waals surface area (Å²) in [7, 11) is 2.29. The van der Waals surface area contributed by atoms with Gasteiger partial charge in [-0.1, -0.05) is 19.8 Å². The molecule has 2 rings (SSSR count). The molecule has 1 unspecified atom stereocenters. The zero-order valence-electron chi connectivity index (χ0n) is 11.8. The van der Waals surface area contributed by atoms with Crippen molar-refractivity contribution in [3.63, 3.8) is 0 Å². The number of likely N-dealkylation sites (tertiary alicyclic amines) is 1. The van der Waals surface area contributed by atoms with Crippen LogP contribution in [0.1, 0.15) is 58.3 Å². The first kappa shape index (κ1) is 13.4. The first-order chi connectivity index (χ1) is 8.26. The van der Waals surface area contributed by atoms with Gasteiger partial charge < -0.3 is 10.2 Å². The predicted octanol–water partition coefficient (Wildman–Crippen LogP) is 3.03. The fourth-order valence-corrected chi connectivity index (χ4v) is 3.46. The maximum atomic E-state index is 3.72. The summed E-state index contributed by atoms with van der Waals surface area (Å²) in [4.78, 5) is 2.56. The Morgan fingerprint density at radius 2 is 2.06 bits per heavy atom. The van der Waals surface area contributed by atoms with E-state index in [9.17, 15) is 0 Å². The van der Waals surface area contributed by atoms with Gasteiger partial charge in [0.15, 0.2) is 0 Å². The van der Waals surface area contributed by atoms with Gasteiger partial charge in [0.05, 0.1) is 0 Å². The number of nitrogens with zero attached hydrogens (tertiary/aromatic N) is 1. The monoisotopic (exact) mass is 238 g/mol. The largest absolute Gasteiger partial charge is 0.316 e. The zero-order valence-corrected chi connectivity index (χ0v) is 11.8. The van der Waals surface area contributed by atoms with Crippen molar-refractivity contribution < 1.29 is 0 Å². The van der Waals surface area contributed by atoms with Crippen molar-refractivity contribution in [1.29, 1.82) is 0 Å². The third-order valence-corrected chi connectivity index (χ3v) is 5.24. The molecule has 2 fully saturated rings. The van der Waals surface area contributed by atoms with E-state index in [0.717, 1.165) is 6.04 Å². The quantitative estimate of drug-likeness (QED) is 0.716. The van der Waals surface area contributed by atoms with Crippen LogP contribution in [0, 0.1) is 5.41 Å². The van der Waals surface area contributed by atoms with Gasteiger partial charge in [0, 0.05) is 12.6 Å². The second-order valence-corrected chi connectivity index (χ2v) is 6.30. The van der Waals surface area contributed by atoms with Crippen LogP contribution < -0.4 is 5.32 Å². The van der Waals surface area contributed by atoms with E-state index in [1.54, 1.807) is 0 Å². The molecular weight excluding hydrogens is 208 g/mol. The molecule has 0 radical (unpaired) electrons. The second kappa shape index (κ2) is 6.19. The number of hydrogen-bond donors (Lipinski definition) is 1. The Hall–Kier alpha value is -0.0800. The van der Waals surface area contributed by atoms with Gasteiger partial charge in [-0.05, 0) is 64.1 Å². The minimum atomic E-state index is 0.679. The molecule has 1 atom stereocenters. The highest BCUT2D eigenvalue weighted by molar-refractivity contribution is 4.88. The smallest absolute Gasteiger partial charge is 0.0104 e. The predicted molar refractivity (Wildman–Crippen MR) is 74.3 cm³/mol. The molecule has 1 aliphatic carbocycles. The van der Waals surface area contributed by atoms with Crippen molar-refractivity contribution in [2.24, 2.45) is 5.41 Å². The Bertz CT molecular complexity index is 217. The van der Waals surface area contributed by atoms with Crippen molar-refractivity contribution in [3.05, 3.63) is 0 Å². The molecule has 2 nitrogen and oxygen atoms in total. The molecule has 2 heteroatoms. The molecule has 1 heterocycles. The lowest BCUT2D eigenvalue weighted by molar-refractivity contribution is 0.120. The lowest BCUT2D eigenvalue weighted by atomic mass is 9.67. The molecule has 1 saturated heterocycles. The van der Waals surface area contributed by atoms with E-state index in [4.69, 9.17) is 0 Å². The lowest BCUT2D eigenvalue weighted by Crippen LogP contribution is -2.42. The summed E-state index contributed by atoms with van der Waals surface area (Å²) in [6, 6.07) is 0.843. The van der Waals surface area contributed by atoms with Crippen molar-refractivity contribution in [2.75, 3.05) is 26.7 Å². The molecule has 0 aromatic carbocycles. The van der Waals surface area contributed by atoms with Gasteiger partial charge in [-0.2, -0.15) is 0 Å². The average molecular weight is 238 g/mol. The lowest BCUT2D eigenvalue weighted by Gasteiger charge is -2.42.